The molecule has 1 aromatic heterocycles. The number of aromatic nitrogens is 1. The first-order valence-corrected chi connectivity index (χ1v) is 9.15. The highest BCUT2D eigenvalue weighted by atomic mass is 16.5. The number of piperidine rings is 1. The van der Waals surface area contributed by atoms with E-state index in [1.807, 2.05) is 4.90 Å². The first-order valence-electron chi connectivity index (χ1n) is 9.15. The summed E-state index contributed by atoms with van der Waals surface area (Å²) in [4.78, 5) is 33.7. The van der Waals surface area contributed by atoms with Crippen molar-refractivity contribution in [1.82, 2.24) is 14.8 Å². The molecule has 4 rings (SSSR count). The van der Waals surface area contributed by atoms with Gasteiger partial charge in [0, 0.05) is 39.2 Å². The summed E-state index contributed by atoms with van der Waals surface area (Å²) in [7, 11) is 1.65. The number of ether oxygens (including phenoxy) is 1. The molecule has 0 bridgehead atoms. The summed E-state index contributed by atoms with van der Waals surface area (Å²) >= 11 is 0. The number of oxazole rings is 1. The Balaban J connectivity index is 1.47. The first-order chi connectivity index (χ1) is 12.1. The smallest absolute Gasteiger partial charge is 0.276 e. The maximum absolute atomic E-state index is 13.0. The number of methoxy groups -OCH3 is 1. The van der Waals surface area contributed by atoms with Crippen LogP contribution in [0.25, 0.3) is 0 Å². The Morgan fingerprint density at radius 3 is 3.00 bits per heavy atom. The van der Waals surface area contributed by atoms with Crippen molar-refractivity contribution in [2.75, 3.05) is 39.9 Å². The molecule has 0 aromatic carbocycles. The van der Waals surface area contributed by atoms with Gasteiger partial charge in [-0.2, -0.15) is 0 Å². The molecule has 2 saturated heterocycles. The van der Waals surface area contributed by atoms with E-state index in [1.165, 1.54) is 6.39 Å². The van der Waals surface area contributed by atoms with Gasteiger partial charge in [-0.3, -0.25) is 9.59 Å². The van der Waals surface area contributed by atoms with Gasteiger partial charge in [0.15, 0.2) is 12.1 Å². The first kappa shape index (κ1) is 16.6. The molecule has 2 aliphatic heterocycles. The minimum Gasteiger partial charge on any atom is -0.447 e. The third-order valence-electron chi connectivity index (χ3n) is 5.78. The second-order valence-corrected chi connectivity index (χ2v) is 7.49. The Bertz CT molecular complexity index is 669. The molecule has 7 heteroatoms. The Morgan fingerprint density at radius 2 is 2.24 bits per heavy atom. The van der Waals surface area contributed by atoms with Crippen LogP contribution >= 0.6 is 0 Å². The summed E-state index contributed by atoms with van der Waals surface area (Å²) in [6.07, 6.45) is 6.06. The van der Waals surface area contributed by atoms with Crippen molar-refractivity contribution >= 4 is 11.8 Å². The lowest BCUT2D eigenvalue weighted by atomic mass is 9.78. The van der Waals surface area contributed by atoms with Crippen molar-refractivity contribution in [1.29, 1.82) is 0 Å². The Morgan fingerprint density at radius 1 is 1.40 bits per heavy atom. The standard InChI is InChI=1S/C18H25N3O4/c1-24-10-9-20-7-2-5-18(17(20)23)6-8-21(11-18)16(22)14-15(13-3-4-13)25-12-19-14/h12-13H,2-11H2,1H3/t18-/m1/s1. The average molecular weight is 347 g/mol. The van der Waals surface area contributed by atoms with Gasteiger partial charge in [-0.15, -0.1) is 0 Å². The van der Waals surface area contributed by atoms with Crippen molar-refractivity contribution in [2.24, 2.45) is 5.41 Å². The Hall–Kier alpha value is -1.89. The lowest BCUT2D eigenvalue weighted by molar-refractivity contribution is -0.146. The fourth-order valence-corrected chi connectivity index (χ4v) is 4.19. The lowest BCUT2D eigenvalue weighted by Crippen LogP contribution is -2.51. The molecule has 1 aliphatic carbocycles. The van der Waals surface area contributed by atoms with Crippen molar-refractivity contribution in [3.05, 3.63) is 17.8 Å². The van der Waals surface area contributed by atoms with Crippen LogP contribution in [0.3, 0.4) is 0 Å². The molecule has 1 saturated carbocycles. The van der Waals surface area contributed by atoms with Crippen LogP contribution in [0, 0.1) is 5.41 Å². The van der Waals surface area contributed by atoms with Crippen LogP contribution in [0.15, 0.2) is 10.8 Å². The Kier molecular flexibility index (Phi) is 4.27. The number of rotatable bonds is 5. The summed E-state index contributed by atoms with van der Waals surface area (Å²) in [6, 6.07) is 0. The molecule has 3 aliphatic rings. The summed E-state index contributed by atoms with van der Waals surface area (Å²) in [6.45, 7) is 3.06. The van der Waals surface area contributed by atoms with Gasteiger partial charge in [-0.25, -0.2) is 4.98 Å². The molecule has 25 heavy (non-hydrogen) atoms. The summed E-state index contributed by atoms with van der Waals surface area (Å²) in [5.41, 5.74) is 0.0181. The predicted molar refractivity (Wildman–Crippen MR) is 89.1 cm³/mol. The largest absolute Gasteiger partial charge is 0.447 e. The number of hydrogen-bond acceptors (Lipinski definition) is 5. The fourth-order valence-electron chi connectivity index (χ4n) is 4.19. The number of hydrogen-bond donors (Lipinski definition) is 0. The molecule has 0 N–H and O–H groups in total. The second-order valence-electron chi connectivity index (χ2n) is 7.49. The maximum atomic E-state index is 13.0. The van der Waals surface area contributed by atoms with Crippen molar-refractivity contribution in [3.8, 4) is 0 Å². The van der Waals surface area contributed by atoms with Gasteiger partial charge in [0.2, 0.25) is 5.91 Å². The van der Waals surface area contributed by atoms with Crippen LogP contribution in [0.4, 0.5) is 0 Å². The summed E-state index contributed by atoms with van der Waals surface area (Å²) < 4.78 is 10.6. The summed E-state index contributed by atoms with van der Waals surface area (Å²) in [5, 5.41) is 0. The molecular weight excluding hydrogens is 322 g/mol. The third-order valence-corrected chi connectivity index (χ3v) is 5.78. The van der Waals surface area contributed by atoms with Gasteiger partial charge >= 0.3 is 0 Å². The zero-order valence-electron chi connectivity index (χ0n) is 14.7. The molecule has 3 fully saturated rings. The number of amides is 2. The van der Waals surface area contributed by atoms with Crippen LogP contribution in [-0.2, 0) is 9.53 Å². The fraction of sp³-hybridized carbons (Fsp3) is 0.722. The third kappa shape index (κ3) is 2.94. The molecule has 0 radical (unpaired) electrons. The highest BCUT2D eigenvalue weighted by Gasteiger charge is 2.50. The number of likely N-dealkylation sites (tertiary alicyclic amines) is 2. The minimum atomic E-state index is -0.425. The average Bonchev–Trinajstić information content (AvgIpc) is 3.19. The van der Waals surface area contributed by atoms with E-state index in [1.54, 1.807) is 12.0 Å². The normalized spacial score (nSPS) is 26.7. The van der Waals surface area contributed by atoms with E-state index in [0.29, 0.717) is 37.9 Å². The van der Waals surface area contributed by atoms with Gasteiger partial charge in [0.05, 0.1) is 12.0 Å². The van der Waals surface area contributed by atoms with Crippen LogP contribution in [0.2, 0.25) is 0 Å². The van der Waals surface area contributed by atoms with E-state index < -0.39 is 5.41 Å². The Labute approximate surface area is 147 Å². The number of carbonyl (C=O) groups excluding carboxylic acids is 2. The van der Waals surface area contributed by atoms with E-state index in [2.05, 4.69) is 4.98 Å². The molecule has 1 aromatic rings. The predicted octanol–water partition coefficient (Wildman–Crippen LogP) is 1.65. The highest BCUT2D eigenvalue weighted by Crippen LogP contribution is 2.43. The number of nitrogens with zero attached hydrogens (tertiary/aromatic N) is 3. The zero-order chi connectivity index (χ0) is 17.4. The second kappa shape index (κ2) is 6.44. The molecule has 2 amide bonds. The van der Waals surface area contributed by atoms with E-state index in [-0.39, 0.29) is 11.8 Å². The van der Waals surface area contributed by atoms with Gasteiger partial charge < -0.3 is 19.0 Å². The van der Waals surface area contributed by atoms with Crippen LogP contribution in [0.5, 0.6) is 0 Å². The van der Waals surface area contributed by atoms with E-state index in [9.17, 15) is 9.59 Å². The molecule has 136 valence electrons. The topological polar surface area (TPSA) is 75.9 Å². The van der Waals surface area contributed by atoms with E-state index in [0.717, 1.165) is 44.4 Å². The molecular formula is C18H25N3O4. The van der Waals surface area contributed by atoms with Crippen molar-refractivity contribution in [3.63, 3.8) is 0 Å². The molecule has 1 atom stereocenters. The minimum absolute atomic E-state index is 0.0886. The highest BCUT2D eigenvalue weighted by molar-refractivity contribution is 5.95. The molecule has 3 heterocycles. The van der Waals surface area contributed by atoms with Gasteiger partial charge in [-0.1, -0.05) is 0 Å². The molecule has 1 spiro atoms. The zero-order valence-corrected chi connectivity index (χ0v) is 14.7. The quantitative estimate of drug-likeness (QED) is 0.809. The number of carbonyl (C=O) groups is 2. The monoisotopic (exact) mass is 347 g/mol. The molecule has 0 unspecified atom stereocenters. The van der Waals surface area contributed by atoms with E-state index in [4.69, 9.17) is 9.15 Å². The van der Waals surface area contributed by atoms with Crippen molar-refractivity contribution in [2.45, 2.75) is 38.0 Å². The summed E-state index contributed by atoms with van der Waals surface area (Å²) in [5.74, 6) is 1.16. The van der Waals surface area contributed by atoms with Crippen LogP contribution in [0.1, 0.15) is 54.3 Å². The van der Waals surface area contributed by atoms with E-state index >= 15 is 0 Å². The molecule has 7 nitrogen and oxygen atoms in total. The lowest BCUT2D eigenvalue weighted by Gasteiger charge is -2.39. The van der Waals surface area contributed by atoms with Gasteiger partial charge in [0.25, 0.3) is 5.91 Å². The van der Waals surface area contributed by atoms with Crippen LogP contribution < -0.4 is 0 Å². The van der Waals surface area contributed by atoms with Crippen molar-refractivity contribution < 1.29 is 18.7 Å². The maximum Gasteiger partial charge on any atom is 0.276 e. The van der Waals surface area contributed by atoms with Crippen LogP contribution in [-0.4, -0.2) is 66.5 Å². The SMILES string of the molecule is COCCN1CCC[C@]2(CCN(C(=O)c3ncoc3C3CC3)C2)C1=O. The van der Waals surface area contributed by atoms with Gasteiger partial charge in [0.1, 0.15) is 5.76 Å². The van der Waals surface area contributed by atoms with Gasteiger partial charge in [-0.05, 0) is 32.1 Å².